The predicted octanol–water partition coefficient (Wildman–Crippen LogP) is 3.18. The Hall–Kier alpha value is -1.96. The van der Waals surface area contributed by atoms with Crippen molar-refractivity contribution in [3.05, 3.63) is 71.5 Å². The summed E-state index contributed by atoms with van der Waals surface area (Å²) in [7, 11) is 0. The molecular weight excluding hydrogens is 215 g/mol. The van der Waals surface area contributed by atoms with Crippen LogP contribution in [-0.2, 0) is 17.6 Å². The summed E-state index contributed by atoms with van der Waals surface area (Å²) >= 11 is 0. The third-order valence-electron chi connectivity index (χ3n) is 2.56. The SMILES string of the molecule is O=C(Cc1ccccc1)Cc1ccc(F)cc1. The van der Waals surface area contributed by atoms with Crippen molar-refractivity contribution < 1.29 is 9.18 Å². The second-order valence-corrected chi connectivity index (χ2v) is 4.00. The maximum Gasteiger partial charge on any atom is 0.141 e. The number of rotatable bonds is 4. The molecule has 0 saturated heterocycles. The van der Waals surface area contributed by atoms with Gasteiger partial charge in [0.1, 0.15) is 11.6 Å². The fourth-order valence-corrected chi connectivity index (χ4v) is 1.72. The summed E-state index contributed by atoms with van der Waals surface area (Å²) in [5.41, 5.74) is 1.87. The average Bonchev–Trinajstić information content (AvgIpc) is 2.33. The van der Waals surface area contributed by atoms with E-state index in [1.165, 1.54) is 12.1 Å². The minimum absolute atomic E-state index is 0.141. The van der Waals surface area contributed by atoms with Gasteiger partial charge < -0.3 is 0 Å². The highest BCUT2D eigenvalue weighted by atomic mass is 19.1. The van der Waals surface area contributed by atoms with Gasteiger partial charge in [-0.05, 0) is 23.3 Å². The highest BCUT2D eigenvalue weighted by Gasteiger charge is 2.05. The molecule has 2 aromatic rings. The lowest BCUT2D eigenvalue weighted by Crippen LogP contribution is -2.06. The Morgan fingerprint density at radius 2 is 1.35 bits per heavy atom. The molecular formula is C15H13FO. The van der Waals surface area contributed by atoms with Crippen molar-refractivity contribution in [3.8, 4) is 0 Å². The molecule has 0 aliphatic rings. The lowest BCUT2D eigenvalue weighted by Gasteiger charge is -2.01. The van der Waals surface area contributed by atoms with E-state index >= 15 is 0 Å². The van der Waals surface area contributed by atoms with Gasteiger partial charge in [0.25, 0.3) is 0 Å². The van der Waals surface area contributed by atoms with E-state index in [2.05, 4.69) is 0 Å². The topological polar surface area (TPSA) is 17.1 Å². The molecule has 0 aromatic heterocycles. The molecule has 0 unspecified atom stereocenters. The first-order valence-corrected chi connectivity index (χ1v) is 5.54. The van der Waals surface area contributed by atoms with Crippen LogP contribution in [0.25, 0.3) is 0 Å². The van der Waals surface area contributed by atoms with E-state index in [0.29, 0.717) is 12.8 Å². The maximum absolute atomic E-state index is 12.7. The van der Waals surface area contributed by atoms with Crippen LogP contribution in [0.15, 0.2) is 54.6 Å². The lowest BCUT2D eigenvalue weighted by molar-refractivity contribution is -0.117. The van der Waals surface area contributed by atoms with Crippen LogP contribution in [0.4, 0.5) is 4.39 Å². The van der Waals surface area contributed by atoms with Gasteiger partial charge in [-0.2, -0.15) is 0 Å². The van der Waals surface area contributed by atoms with Crippen LogP contribution in [0, 0.1) is 5.82 Å². The van der Waals surface area contributed by atoms with Gasteiger partial charge in [-0.1, -0.05) is 42.5 Å². The number of ketones is 1. The molecule has 2 rings (SSSR count). The third-order valence-corrected chi connectivity index (χ3v) is 2.56. The molecule has 0 N–H and O–H groups in total. The lowest BCUT2D eigenvalue weighted by atomic mass is 10.0. The van der Waals surface area contributed by atoms with Crippen LogP contribution in [0.3, 0.4) is 0 Å². The summed E-state index contributed by atoms with van der Waals surface area (Å²) in [5.74, 6) is -0.132. The monoisotopic (exact) mass is 228 g/mol. The Kier molecular flexibility index (Phi) is 3.66. The van der Waals surface area contributed by atoms with Gasteiger partial charge >= 0.3 is 0 Å². The summed E-state index contributed by atoms with van der Waals surface area (Å²) in [6.45, 7) is 0. The number of Topliss-reactive ketones (excluding diaryl/α,β-unsaturated/α-hetero) is 1. The maximum atomic E-state index is 12.7. The molecule has 2 heteroatoms. The van der Waals surface area contributed by atoms with Crippen molar-refractivity contribution >= 4 is 5.78 Å². The highest BCUT2D eigenvalue weighted by molar-refractivity contribution is 5.83. The molecule has 0 aliphatic heterocycles. The Morgan fingerprint density at radius 3 is 1.94 bits per heavy atom. The zero-order valence-corrected chi connectivity index (χ0v) is 9.40. The second-order valence-electron chi connectivity index (χ2n) is 4.00. The van der Waals surface area contributed by atoms with E-state index in [1.807, 2.05) is 30.3 Å². The van der Waals surface area contributed by atoms with Crippen molar-refractivity contribution in [2.24, 2.45) is 0 Å². The fourth-order valence-electron chi connectivity index (χ4n) is 1.72. The highest BCUT2D eigenvalue weighted by Crippen LogP contribution is 2.07. The smallest absolute Gasteiger partial charge is 0.141 e. The van der Waals surface area contributed by atoms with Crippen LogP contribution >= 0.6 is 0 Å². The van der Waals surface area contributed by atoms with Crippen LogP contribution in [0.2, 0.25) is 0 Å². The Balaban J connectivity index is 1.96. The van der Waals surface area contributed by atoms with Crippen molar-refractivity contribution in [2.75, 3.05) is 0 Å². The standard InChI is InChI=1S/C15H13FO/c16-14-8-6-13(7-9-14)11-15(17)10-12-4-2-1-3-5-12/h1-9H,10-11H2. The summed E-state index contributed by atoms with van der Waals surface area (Å²) in [5, 5.41) is 0. The summed E-state index contributed by atoms with van der Waals surface area (Å²) in [6, 6.07) is 15.7. The third kappa shape index (κ3) is 3.52. The largest absolute Gasteiger partial charge is 0.299 e. The fraction of sp³-hybridized carbons (Fsp3) is 0.133. The Labute approximate surface area is 99.9 Å². The zero-order valence-electron chi connectivity index (χ0n) is 9.40. The van der Waals surface area contributed by atoms with Crippen molar-refractivity contribution in [1.29, 1.82) is 0 Å². The van der Waals surface area contributed by atoms with Gasteiger partial charge in [-0.15, -0.1) is 0 Å². The normalized spacial score (nSPS) is 10.2. The molecule has 0 fully saturated rings. The van der Waals surface area contributed by atoms with E-state index in [4.69, 9.17) is 0 Å². The summed E-state index contributed by atoms with van der Waals surface area (Å²) in [6.07, 6.45) is 0.785. The first kappa shape index (κ1) is 11.5. The molecule has 0 saturated carbocycles. The van der Waals surface area contributed by atoms with Gasteiger partial charge in [0.2, 0.25) is 0 Å². The summed E-state index contributed by atoms with van der Waals surface area (Å²) in [4.78, 5) is 11.8. The van der Waals surface area contributed by atoms with Gasteiger partial charge in [0, 0.05) is 12.8 Å². The molecule has 0 radical (unpaired) electrons. The molecule has 17 heavy (non-hydrogen) atoms. The number of halogens is 1. The minimum Gasteiger partial charge on any atom is -0.299 e. The number of carbonyl (C=O) groups is 1. The molecule has 2 aromatic carbocycles. The molecule has 0 bridgehead atoms. The average molecular weight is 228 g/mol. The quantitative estimate of drug-likeness (QED) is 0.785. The number of carbonyl (C=O) groups excluding carboxylic acids is 1. The first-order chi connectivity index (χ1) is 8.24. The van der Waals surface area contributed by atoms with E-state index < -0.39 is 0 Å². The van der Waals surface area contributed by atoms with Crippen molar-refractivity contribution in [1.82, 2.24) is 0 Å². The van der Waals surface area contributed by atoms with Crippen molar-refractivity contribution in [2.45, 2.75) is 12.8 Å². The first-order valence-electron chi connectivity index (χ1n) is 5.54. The van der Waals surface area contributed by atoms with Crippen LogP contribution in [0.1, 0.15) is 11.1 Å². The van der Waals surface area contributed by atoms with E-state index in [1.54, 1.807) is 12.1 Å². The molecule has 1 nitrogen and oxygen atoms in total. The summed E-state index contributed by atoms with van der Waals surface area (Å²) < 4.78 is 12.7. The zero-order chi connectivity index (χ0) is 12.1. The molecule has 86 valence electrons. The Morgan fingerprint density at radius 1 is 0.824 bits per heavy atom. The number of benzene rings is 2. The van der Waals surface area contributed by atoms with Crippen LogP contribution < -0.4 is 0 Å². The molecule has 0 amide bonds. The number of hydrogen-bond acceptors (Lipinski definition) is 1. The molecule has 0 aliphatic carbocycles. The van der Waals surface area contributed by atoms with Crippen LogP contribution in [0.5, 0.6) is 0 Å². The van der Waals surface area contributed by atoms with E-state index in [9.17, 15) is 9.18 Å². The van der Waals surface area contributed by atoms with Gasteiger partial charge in [-0.25, -0.2) is 4.39 Å². The molecule has 0 heterocycles. The van der Waals surface area contributed by atoms with Crippen LogP contribution in [-0.4, -0.2) is 5.78 Å². The predicted molar refractivity (Wildman–Crippen MR) is 65.3 cm³/mol. The van der Waals surface area contributed by atoms with Gasteiger partial charge in [0.05, 0.1) is 0 Å². The number of hydrogen-bond donors (Lipinski definition) is 0. The molecule has 0 spiro atoms. The van der Waals surface area contributed by atoms with Gasteiger partial charge in [-0.3, -0.25) is 4.79 Å². The Bertz CT molecular complexity index is 488. The van der Waals surface area contributed by atoms with E-state index in [0.717, 1.165) is 11.1 Å². The van der Waals surface area contributed by atoms with Crippen molar-refractivity contribution in [3.63, 3.8) is 0 Å². The van der Waals surface area contributed by atoms with Gasteiger partial charge in [0.15, 0.2) is 0 Å². The van der Waals surface area contributed by atoms with E-state index in [-0.39, 0.29) is 11.6 Å². The molecule has 0 atom stereocenters. The minimum atomic E-state index is -0.274. The second kappa shape index (κ2) is 5.39.